The molecule has 1 N–H and O–H groups in total. The van der Waals surface area contributed by atoms with Gasteiger partial charge in [0, 0.05) is 0 Å². The van der Waals surface area contributed by atoms with Gasteiger partial charge in [0.25, 0.3) is 0 Å². The molecule has 3 nitrogen and oxygen atoms in total. The zero-order valence-electron chi connectivity index (χ0n) is 10.1. The number of rotatable bonds is 4. The molecule has 0 bridgehead atoms. The fourth-order valence-corrected chi connectivity index (χ4v) is 2.51. The summed E-state index contributed by atoms with van der Waals surface area (Å²) in [5.74, 6) is -1.68. The van der Waals surface area contributed by atoms with Crippen LogP contribution in [0.1, 0.15) is 29.1 Å². The summed E-state index contributed by atoms with van der Waals surface area (Å²) in [6.45, 7) is 4.51. The zero-order chi connectivity index (χ0) is 13.1. The third-order valence-corrected chi connectivity index (χ3v) is 3.53. The Bertz CT molecular complexity index is 542. The van der Waals surface area contributed by atoms with Crippen molar-refractivity contribution in [2.75, 3.05) is 6.54 Å². The van der Waals surface area contributed by atoms with E-state index in [1.807, 2.05) is 13.8 Å². The largest absolute Gasteiger partial charge is 0.306 e. The van der Waals surface area contributed by atoms with Gasteiger partial charge in [0.05, 0.1) is 16.6 Å². The molecule has 18 heavy (non-hydrogen) atoms. The first-order valence-electron chi connectivity index (χ1n) is 5.60. The molecule has 2 aromatic rings. The molecule has 0 fully saturated rings. The summed E-state index contributed by atoms with van der Waals surface area (Å²) < 4.78 is 30.1. The second-order valence-corrected chi connectivity index (χ2v) is 4.67. The highest BCUT2D eigenvalue weighted by Gasteiger charge is 2.19. The molecular formula is C12H13F2N3S. The monoisotopic (exact) mass is 269 g/mol. The third-order valence-electron chi connectivity index (χ3n) is 2.63. The number of benzene rings is 1. The minimum absolute atomic E-state index is 0.204. The number of aromatic nitrogens is 2. The van der Waals surface area contributed by atoms with Gasteiger partial charge in [0.1, 0.15) is 0 Å². The van der Waals surface area contributed by atoms with Crippen LogP contribution < -0.4 is 5.32 Å². The summed E-state index contributed by atoms with van der Waals surface area (Å²) in [6.07, 6.45) is 0. The van der Waals surface area contributed by atoms with Gasteiger partial charge in [0.2, 0.25) is 0 Å². The van der Waals surface area contributed by atoms with Crippen LogP contribution >= 0.6 is 11.5 Å². The van der Waals surface area contributed by atoms with Gasteiger partial charge in [-0.05, 0) is 42.7 Å². The van der Waals surface area contributed by atoms with Crippen LogP contribution in [0.5, 0.6) is 0 Å². The van der Waals surface area contributed by atoms with Gasteiger partial charge in [-0.2, -0.15) is 0 Å². The predicted octanol–water partition coefficient (Wildman–Crippen LogP) is 2.82. The average molecular weight is 269 g/mol. The SMILES string of the molecule is CCNC(c1ccc(F)c(F)c1)c1snnc1C. The lowest BCUT2D eigenvalue weighted by molar-refractivity contribution is 0.504. The first kappa shape index (κ1) is 13.0. The molecule has 0 aliphatic rings. The van der Waals surface area contributed by atoms with Gasteiger partial charge in [-0.15, -0.1) is 5.10 Å². The minimum Gasteiger partial charge on any atom is -0.306 e. The van der Waals surface area contributed by atoms with E-state index in [-0.39, 0.29) is 6.04 Å². The fourth-order valence-electron chi connectivity index (χ4n) is 1.76. The van der Waals surface area contributed by atoms with E-state index >= 15 is 0 Å². The Kier molecular flexibility index (Phi) is 3.98. The lowest BCUT2D eigenvalue weighted by atomic mass is 10.0. The van der Waals surface area contributed by atoms with Crippen molar-refractivity contribution in [1.29, 1.82) is 0 Å². The number of aryl methyl sites for hydroxylation is 1. The Hall–Kier alpha value is -1.40. The quantitative estimate of drug-likeness (QED) is 0.927. The van der Waals surface area contributed by atoms with Gasteiger partial charge < -0.3 is 5.32 Å². The first-order valence-corrected chi connectivity index (χ1v) is 6.38. The van der Waals surface area contributed by atoms with Crippen LogP contribution in [0.2, 0.25) is 0 Å². The minimum atomic E-state index is -0.842. The summed E-state index contributed by atoms with van der Waals surface area (Å²) in [5.41, 5.74) is 1.47. The molecule has 1 unspecified atom stereocenters. The molecule has 0 spiro atoms. The molecule has 2 rings (SSSR count). The number of nitrogens with one attached hydrogen (secondary N) is 1. The van der Waals surface area contributed by atoms with Crippen LogP contribution in [0.15, 0.2) is 18.2 Å². The van der Waals surface area contributed by atoms with E-state index in [9.17, 15) is 8.78 Å². The van der Waals surface area contributed by atoms with Gasteiger partial charge in [-0.1, -0.05) is 17.5 Å². The number of halogens is 2. The van der Waals surface area contributed by atoms with E-state index in [1.54, 1.807) is 6.07 Å². The second kappa shape index (κ2) is 5.49. The normalized spacial score (nSPS) is 12.7. The van der Waals surface area contributed by atoms with Crippen LogP contribution in [0.4, 0.5) is 8.78 Å². The highest BCUT2D eigenvalue weighted by molar-refractivity contribution is 7.05. The van der Waals surface area contributed by atoms with E-state index in [2.05, 4.69) is 14.9 Å². The molecule has 1 heterocycles. The Morgan fingerprint density at radius 2 is 2.11 bits per heavy atom. The average Bonchev–Trinajstić information content (AvgIpc) is 2.76. The van der Waals surface area contributed by atoms with Crippen molar-refractivity contribution in [3.05, 3.63) is 46.0 Å². The summed E-state index contributed by atoms with van der Waals surface area (Å²) in [6, 6.07) is 3.72. The topological polar surface area (TPSA) is 37.8 Å². The highest BCUT2D eigenvalue weighted by atomic mass is 32.1. The molecular weight excluding hydrogens is 256 g/mol. The molecule has 6 heteroatoms. The van der Waals surface area contributed by atoms with Crippen molar-refractivity contribution < 1.29 is 8.78 Å². The number of hydrogen-bond donors (Lipinski definition) is 1. The van der Waals surface area contributed by atoms with E-state index < -0.39 is 11.6 Å². The maximum Gasteiger partial charge on any atom is 0.159 e. The molecule has 0 saturated heterocycles. The lowest BCUT2D eigenvalue weighted by Crippen LogP contribution is -2.22. The Balaban J connectivity index is 2.41. The van der Waals surface area contributed by atoms with E-state index in [0.29, 0.717) is 12.1 Å². The van der Waals surface area contributed by atoms with Crippen LogP contribution in [0.3, 0.4) is 0 Å². The zero-order valence-corrected chi connectivity index (χ0v) is 10.9. The Labute approximate surface area is 108 Å². The fraction of sp³-hybridized carbons (Fsp3) is 0.333. The van der Waals surface area contributed by atoms with Crippen LogP contribution in [-0.4, -0.2) is 16.1 Å². The van der Waals surface area contributed by atoms with Gasteiger partial charge in [-0.25, -0.2) is 8.78 Å². The van der Waals surface area contributed by atoms with Crippen molar-refractivity contribution in [3.8, 4) is 0 Å². The molecule has 1 aromatic heterocycles. The lowest BCUT2D eigenvalue weighted by Gasteiger charge is -2.17. The van der Waals surface area contributed by atoms with Gasteiger partial charge in [0.15, 0.2) is 11.6 Å². The third kappa shape index (κ3) is 2.54. The smallest absolute Gasteiger partial charge is 0.159 e. The summed E-state index contributed by atoms with van der Waals surface area (Å²) >= 11 is 1.26. The van der Waals surface area contributed by atoms with Crippen molar-refractivity contribution >= 4 is 11.5 Å². The van der Waals surface area contributed by atoms with Crippen LogP contribution in [-0.2, 0) is 0 Å². The molecule has 0 saturated carbocycles. The predicted molar refractivity (Wildman–Crippen MR) is 66.5 cm³/mol. The number of nitrogens with zero attached hydrogens (tertiary/aromatic N) is 2. The van der Waals surface area contributed by atoms with E-state index in [1.165, 1.54) is 17.6 Å². The molecule has 1 atom stereocenters. The number of hydrogen-bond acceptors (Lipinski definition) is 4. The van der Waals surface area contributed by atoms with Gasteiger partial charge >= 0.3 is 0 Å². The Morgan fingerprint density at radius 3 is 2.67 bits per heavy atom. The maximum absolute atomic E-state index is 13.3. The van der Waals surface area contributed by atoms with Crippen molar-refractivity contribution in [2.45, 2.75) is 19.9 Å². The Morgan fingerprint density at radius 1 is 1.33 bits per heavy atom. The van der Waals surface area contributed by atoms with Crippen molar-refractivity contribution in [2.24, 2.45) is 0 Å². The van der Waals surface area contributed by atoms with Gasteiger partial charge in [-0.3, -0.25) is 0 Å². The first-order chi connectivity index (χ1) is 8.63. The molecule has 0 aliphatic heterocycles. The summed E-state index contributed by atoms with van der Waals surface area (Å²) in [7, 11) is 0. The van der Waals surface area contributed by atoms with E-state index in [4.69, 9.17) is 0 Å². The second-order valence-electron chi connectivity index (χ2n) is 3.89. The molecule has 0 amide bonds. The molecule has 0 aliphatic carbocycles. The summed E-state index contributed by atoms with van der Waals surface area (Å²) in [5, 5.41) is 7.18. The maximum atomic E-state index is 13.3. The standard InChI is InChI=1S/C12H13F2N3S/c1-3-15-11(12-7(2)16-17-18-12)8-4-5-9(13)10(14)6-8/h4-6,11,15H,3H2,1-2H3. The molecule has 1 aromatic carbocycles. The van der Waals surface area contributed by atoms with E-state index in [0.717, 1.165) is 16.6 Å². The molecule has 96 valence electrons. The van der Waals surface area contributed by atoms with Crippen molar-refractivity contribution in [1.82, 2.24) is 14.9 Å². The highest BCUT2D eigenvalue weighted by Crippen LogP contribution is 2.27. The summed E-state index contributed by atoms with van der Waals surface area (Å²) in [4.78, 5) is 0.919. The van der Waals surface area contributed by atoms with Crippen LogP contribution in [0, 0.1) is 18.6 Å². The van der Waals surface area contributed by atoms with Crippen molar-refractivity contribution in [3.63, 3.8) is 0 Å². The van der Waals surface area contributed by atoms with Crippen LogP contribution in [0.25, 0.3) is 0 Å². The molecule has 0 radical (unpaired) electrons.